The summed E-state index contributed by atoms with van der Waals surface area (Å²) in [5.74, 6) is 1.06. The van der Waals surface area contributed by atoms with E-state index in [4.69, 9.17) is 11.6 Å². The monoisotopic (exact) mass is 225 g/mol. The van der Waals surface area contributed by atoms with Crippen molar-refractivity contribution in [2.75, 3.05) is 0 Å². The molecule has 0 saturated carbocycles. The molecule has 1 rings (SSSR count). The van der Waals surface area contributed by atoms with Gasteiger partial charge in [-0.3, -0.25) is 4.98 Å². The zero-order valence-corrected chi connectivity index (χ0v) is 10.5. The summed E-state index contributed by atoms with van der Waals surface area (Å²) in [5, 5.41) is 0.197. The quantitative estimate of drug-likeness (QED) is 0.684. The van der Waals surface area contributed by atoms with Gasteiger partial charge in [0.2, 0.25) is 0 Å². The van der Waals surface area contributed by atoms with Gasteiger partial charge in [0.05, 0.1) is 0 Å². The van der Waals surface area contributed by atoms with E-state index in [0.717, 1.165) is 18.0 Å². The number of pyridine rings is 1. The molecule has 2 heteroatoms. The minimum absolute atomic E-state index is 0.197. The van der Waals surface area contributed by atoms with Gasteiger partial charge in [0.25, 0.3) is 0 Å². The van der Waals surface area contributed by atoms with Crippen molar-refractivity contribution >= 4 is 11.6 Å². The molecule has 0 aliphatic carbocycles. The molecule has 0 aliphatic heterocycles. The summed E-state index contributed by atoms with van der Waals surface area (Å²) in [6, 6.07) is 6.01. The van der Waals surface area contributed by atoms with Gasteiger partial charge in [-0.2, -0.15) is 0 Å². The minimum Gasteiger partial charge on any atom is -0.261 e. The van der Waals surface area contributed by atoms with Gasteiger partial charge in [0, 0.05) is 23.2 Å². The SMILES string of the molecule is CC(C)CCC(Cl)C(C)c1ccccn1. The topological polar surface area (TPSA) is 12.9 Å². The Morgan fingerprint density at radius 1 is 1.20 bits per heavy atom. The fourth-order valence-electron chi connectivity index (χ4n) is 1.57. The Kier molecular flexibility index (Phi) is 5.10. The van der Waals surface area contributed by atoms with Gasteiger partial charge >= 0.3 is 0 Å². The van der Waals surface area contributed by atoms with Crippen LogP contribution in [0.4, 0.5) is 0 Å². The maximum atomic E-state index is 6.37. The first-order valence-electron chi connectivity index (χ1n) is 5.66. The van der Waals surface area contributed by atoms with Crippen molar-refractivity contribution in [2.24, 2.45) is 5.92 Å². The predicted octanol–water partition coefficient (Wildman–Crippen LogP) is 4.23. The first-order chi connectivity index (χ1) is 7.11. The van der Waals surface area contributed by atoms with Crippen molar-refractivity contribution in [3.8, 4) is 0 Å². The lowest BCUT2D eigenvalue weighted by molar-refractivity contribution is 0.514. The number of nitrogens with zero attached hydrogens (tertiary/aromatic N) is 1. The maximum absolute atomic E-state index is 6.37. The summed E-state index contributed by atoms with van der Waals surface area (Å²) in [7, 11) is 0. The molecule has 0 spiro atoms. The van der Waals surface area contributed by atoms with Crippen LogP contribution in [0.15, 0.2) is 24.4 Å². The van der Waals surface area contributed by atoms with Crippen LogP contribution in [0.2, 0.25) is 0 Å². The molecule has 15 heavy (non-hydrogen) atoms. The second-order valence-electron chi connectivity index (χ2n) is 4.53. The molecule has 1 aromatic rings. The van der Waals surface area contributed by atoms with E-state index in [9.17, 15) is 0 Å². The van der Waals surface area contributed by atoms with Crippen LogP contribution in [-0.4, -0.2) is 10.4 Å². The summed E-state index contributed by atoms with van der Waals surface area (Å²) in [5.41, 5.74) is 1.10. The molecular formula is C13H20ClN. The Bertz CT molecular complexity index is 271. The molecule has 0 fully saturated rings. The highest BCUT2D eigenvalue weighted by Gasteiger charge is 2.17. The first-order valence-corrected chi connectivity index (χ1v) is 6.10. The molecule has 0 N–H and O–H groups in total. The second-order valence-corrected chi connectivity index (χ2v) is 5.09. The fourth-order valence-corrected chi connectivity index (χ4v) is 1.83. The van der Waals surface area contributed by atoms with E-state index in [2.05, 4.69) is 31.8 Å². The predicted molar refractivity (Wildman–Crippen MR) is 66.4 cm³/mol. The van der Waals surface area contributed by atoms with Crippen LogP contribution < -0.4 is 0 Å². The molecule has 1 heterocycles. The summed E-state index contributed by atoms with van der Waals surface area (Å²) in [6.45, 7) is 6.62. The summed E-state index contributed by atoms with van der Waals surface area (Å²) >= 11 is 6.37. The van der Waals surface area contributed by atoms with Crippen LogP contribution in [0.1, 0.15) is 45.2 Å². The van der Waals surface area contributed by atoms with E-state index in [0.29, 0.717) is 5.92 Å². The standard InChI is InChI=1S/C13H20ClN/c1-10(2)7-8-12(14)11(3)13-6-4-5-9-15-13/h4-6,9-12H,7-8H2,1-3H3. The first kappa shape index (κ1) is 12.5. The molecule has 1 aromatic heterocycles. The molecule has 0 saturated heterocycles. The lowest BCUT2D eigenvalue weighted by atomic mass is 9.96. The summed E-state index contributed by atoms with van der Waals surface area (Å²) in [6.07, 6.45) is 4.08. The third-order valence-electron chi connectivity index (χ3n) is 2.72. The third kappa shape index (κ3) is 4.21. The Hall–Kier alpha value is -0.560. The number of rotatable bonds is 5. The highest BCUT2D eigenvalue weighted by Crippen LogP contribution is 2.26. The smallest absolute Gasteiger partial charge is 0.0446 e. The second kappa shape index (κ2) is 6.12. The van der Waals surface area contributed by atoms with Crippen molar-refractivity contribution in [3.05, 3.63) is 30.1 Å². The van der Waals surface area contributed by atoms with Gasteiger partial charge < -0.3 is 0 Å². The lowest BCUT2D eigenvalue weighted by Gasteiger charge is -2.18. The average molecular weight is 226 g/mol. The number of aromatic nitrogens is 1. The van der Waals surface area contributed by atoms with Gasteiger partial charge in [0.15, 0.2) is 0 Å². The Labute approximate surface area is 97.9 Å². The minimum atomic E-state index is 0.197. The highest BCUT2D eigenvalue weighted by molar-refractivity contribution is 6.21. The maximum Gasteiger partial charge on any atom is 0.0446 e. The molecular weight excluding hydrogens is 206 g/mol. The lowest BCUT2D eigenvalue weighted by Crippen LogP contribution is -2.12. The molecule has 0 amide bonds. The molecule has 0 bridgehead atoms. The summed E-state index contributed by atoms with van der Waals surface area (Å²) in [4.78, 5) is 4.34. The fraction of sp³-hybridized carbons (Fsp3) is 0.615. The van der Waals surface area contributed by atoms with E-state index in [1.807, 2.05) is 18.3 Å². The van der Waals surface area contributed by atoms with E-state index in [1.165, 1.54) is 6.42 Å². The van der Waals surface area contributed by atoms with Crippen molar-refractivity contribution in [1.82, 2.24) is 4.98 Å². The Morgan fingerprint density at radius 3 is 2.47 bits per heavy atom. The van der Waals surface area contributed by atoms with E-state index >= 15 is 0 Å². The van der Waals surface area contributed by atoms with Crippen LogP contribution >= 0.6 is 11.6 Å². The van der Waals surface area contributed by atoms with Crippen LogP contribution in [0.25, 0.3) is 0 Å². The molecule has 2 unspecified atom stereocenters. The zero-order chi connectivity index (χ0) is 11.3. The number of hydrogen-bond donors (Lipinski definition) is 0. The average Bonchev–Trinajstić information content (AvgIpc) is 2.26. The molecule has 84 valence electrons. The Morgan fingerprint density at radius 2 is 1.93 bits per heavy atom. The van der Waals surface area contributed by atoms with E-state index < -0.39 is 0 Å². The molecule has 0 radical (unpaired) electrons. The van der Waals surface area contributed by atoms with Crippen molar-refractivity contribution < 1.29 is 0 Å². The third-order valence-corrected chi connectivity index (χ3v) is 3.31. The molecule has 2 atom stereocenters. The van der Waals surface area contributed by atoms with Crippen LogP contribution in [0, 0.1) is 5.92 Å². The number of hydrogen-bond acceptors (Lipinski definition) is 1. The van der Waals surface area contributed by atoms with Gasteiger partial charge in [0.1, 0.15) is 0 Å². The van der Waals surface area contributed by atoms with Gasteiger partial charge in [-0.1, -0.05) is 26.8 Å². The van der Waals surface area contributed by atoms with Crippen LogP contribution in [0.3, 0.4) is 0 Å². The normalized spacial score (nSPS) is 15.3. The van der Waals surface area contributed by atoms with Crippen LogP contribution in [0.5, 0.6) is 0 Å². The van der Waals surface area contributed by atoms with Crippen molar-refractivity contribution in [3.63, 3.8) is 0 Å². The highest BCUT2D eigenvalue weighted by atomic mass is 35.5. The molecule has 0 aliphatic rings. The van der Waals surface area contributed by atoms with Gasteiger partial charge in [-0.05, 0) is 30.9 Å². The Balaban J connectivity index is 2.49. The van der Waals surface area contributed by atoms with E-state index in [1.54, 1.807) is 0 Å². The number of alkyl halides is 1. The van der Waals surface area contributed by atoms with Crippen molar-refractivity contribution in [1.29, 1.82) is 0 Å². The van der Waals surface area contributed by atoms with Gasteiger partial charge in [-0.15, -0.1) is 11.6 Å². The van der Waals surface area contributed by atoms with Gasteiger partial charge in [-0.25, -0.2) is 0 Å². The zero-order valence-electron chi connectivity index (χ0n) is 9.78. The van der Waals surface area contributed by atoms with Crippen LogP contribution in [-0.2, 0) is 0 Å². The van der Waals surface area contributed by atoms with E-state index in [-0.39, 0.29) is 5.38 Å². The molecule has 0 aromatic carbocycles. The van der Waals surface area contributed by atoms with Crippen molar-refractivity contribution in [2.45, 2.75) is 44.9 Å². The number of halogens is 1. The molecule has 1 nitrogen and oxygen atoms in total. The summed E-state index contributed by atoms with van der Waals surface area (Å²) < 4.78 is 0. The largest absolute Gasteiger partial charge is 0.261 e.